The predicted molar refractivity (Wildman–Crippen MR) is 98.1 cm³/mol. The number of amides is 1. The summed E-state index contributed by atoms with van der Waals surface area (Å²) in [5, 5.41) is 20.3. The van der Waals surface area contributed by atoms with E-state index in [2.05, 4.69) is 0 Å². The topological polar surface area (TPSA) is 168 Å². The van der Waals surface area contributed by atoms with Crippen molar-refractivity contribution in [1.82, 2.24) is 0 Å². The summed E-state index contributed by atoms with van der Waals surface area (Å²) in [6.07, 6.45) is 0. The summed E-state index contributed by atoms with van der Waals surface area (Å²) in [5.41, 5.74) is 11.8. The lowest BCUT2D eigenvalue weighted by atomic mass is 10.2. The van der Waals surface area contributed by atoms with Crippen molar-refractivity contribution in [3.8, 4) is 0 Å². The van der Waals surface area contributed by atoms with Crippen molar-refractivity contribution in [1.29, 1.82) is 0 Å². The van der Waals surface area contributed by atoms with E-state index in [4.69, 9.17) is 16.2 Å². The Balaban J connectivity index is 0.000000203. The monoisotopic (exact) mass is 393 g/mol. The number of nitro benzene ring substituents is 2. The standard InChI is InChI=1S/C10H13N3O2.C6H3FN2O4/c11-7-1-2-9(8(12)5-7)13-3-4-15-6-10(13)14;7-5-2-1-4(8(10)11)3-6(5)9(12)13/h1-2,5H,3-4,6,11-12H2;1-3H. The van der Waals surface area contributed by atoms with Crippen LogP contribution in [0.4, 0.5) is 32.8 Å². The van der Waals surface area contributed by atoms with Crippen LogP contribution < -0.4 is 16.4 Å². The van der Waals surface area contributed by atoms with Crippen molar-refractivity contribution >= 4 is 34.3 Å². The Morgan fingerprint density at radius 3 is 2.36 bits per heavy atom. The largest absolute Gasteiger partial charge is 0.399 e. The second-order valence-corrected chi connectivity index (χ2v) is 5.57. The molecule has 2 aromatic rings. The van der Waals surface area contributed by atoms with Crippen molar-refractivity contribution in [3.05, 3.63) is 62.4 Å². The molecule has 1 amide bonds. The Labute approximate surface area is 157 Å². The van der Waals surface area contributed by atoms with E-state index in [9.17, 15) is 29.4 Å². The molecule has 148 valence electrons. The minimum absolute atomic E-state index is 0.0716. The third-order valence-electron chi connectivity index (χ3n) is 3.67. The first-order valence-corrected chi connectivity index (χ1v) is 7.82. The first-order valence-electron chi connectivity index (χ1n) is 7.82. The number of carbonyl (C=O) groups excluding carboxylic acids is 1. The molecule has 1 aliphatic rings. The van der Waals surface area contributed by atoms with Gasteiger partial charge in [0.2, 0.25) is 5.82 Å². The van der Waals surface area contributed by atoms with Crippen LogP contribution in [0.1, 0.15) is 0 Å². The van der Waals surface area contributed by atoms with Crippen LogP contribution in [0.3, 0.4) is 0 Å². The normalized spacial score (nSPS) is 13.5. The number of ether oxygens (including phenoxy) is 1. The molecule has 0 saturated carbocycles. The lowest BCUT2D eigenvalue weighted by Crippen LogP contribution is -2.42. The van der Waals surface area contributed by atoms with E-state index in [1.807, 2.05) is 0 Å². The highest BCUT2D eigenvalue weighted by atomic mass is 19.1. The van der Waals surface area contributed by atoms with E-state index < -0.39 is 27.0 Å². The van der Waals surface area contributed by atoms with E-state index in [0.717, 1.165) is 6.07 Å². The van der Waals surface area contributed by atoms with E-state index in [-0.39, 0.29) is 12.5 Å². The van der Waals surface area contributed by atoms with Crippen LogP contribution in [0, 0.1) is 26.0 Å². The zero-order valence-corrected chi connectivity index (χ0v) is 14.4. The van der Waals surface area contributed by atoms with Gasteiger partial charge in [-0.25, -0.2) is 0 Å². The molecule has 4 N–H and O–H groups in total. The van der Waals surface area contributed by atoms with Crippen molar-refractivity contribution in [2.24, 2.45) is 0 Å². The summed E-state index contributed by atoms with van der Waals surface area (Å²) >= 11 is 0. The average molecular weight is 393 g/mol. The molecule has 1 heterocycles. The SMILES string of the molecule is Nc1ccc(N2CCOCC2=O)c(N)c1.O=[N+]([O-])c1ccc(F)c([N+](=O)[O-])c1. The zero-order valence-electron chi connectivity index (χ0n) is 14.4. The maximum absolute atomic E-state index is 12.6. The van der Waals surface area contributed by atoms with Gasteiger partial charge in [0.15, 0.2) is 0 Å². The minimum Gasteiger partial charge on any atom is -0.399 e. The number of nitrogens with two attached hydrogens (primary N) is 2. The molecule has 2 aromatic carbocycles. The Morgan fingerprint density at radius 1 is 1.07 bits per heavy atom. The summed E-state index contributed by atoms with van der Waals surface area (Å²) in [6, 6.07) is 7.27. The number of morpholine rings is 1. The van der Waals surface area contributed by atoms with Crippen LogP contribution >= 0.6 is 0 Å². The van der Waals surface area contributed by atoms with Gasteiger partial charge in [0.25, 0.3) is 11.6 Å². The number of carbonyl (C=O) groups is 1. The van der Waals surface area contributed by atoms with Gasteiger partial charge in [-0.05, 0) is 24.3 Å². The number of non-ortho nitro benzene ring substituents is 1. The molecule has 0 radical (unpaired) electrons. The molecule has 11 nitrogen and oxygen atoms in total. The smallest absolute Gasteiger partial charge is 0.311 e. The molecule has 0 atom stereocenters. The van der Waals surface area contributed by atoms with Gasteiger partial charge in [0.1, 0.15) is 6.61 Å². The van der Waals surface area contributed by atoms with Crippen LogP contribution in [0.5, 0.6) is 0 Å². The molecule has 0 unspecified atom stereocenters. The Kier molecular flexibility index (Phi) is 6.39. The van der Waals surface area contributed by atoms with E-state index in [0.29, 0.717) is 42.3 Å². The summed E-state index contributed by atoms with van der Waals surface area (Å²) in [7, 11) is 0. The fraction of sp³-hybridized carbons (Fsp3) is 0.188. The van der Waals surface area contributed by atoms with Gasteiger partial charge in [-0.1, -0.05) is 0 Å². The first kappa shape index (κ1) is 20.5. The number of halogens is 1. The van der Waals surface area contributed by atoms with Gasteiger partial charge in [-0.15, -0.1) is 0 Å². The van der Waals surface area contributed by atoms with Crippen molar-refractivity contribution in [2.45, 2.75) is 0 Å². The second kappa shape index (κ2) is 8.73. The van der Waals surface area contributed by atoms with Crippen LogP contribution in [0.15, 0.2) is 36.4 Å². The van der Waals surface area contributed by atoms with Crippen LogP contribution in [0.2, 0.25) is 0 Å². The van der Waals surface area contributed by atoms with Gasteiger partial charge >= 0.3 is 5.69 Å². The summed E-state index contributed by atoms with van der Waals surface area (Å²) < 4.78 is 17.7. The number of rotatable bonds is 3. The maximum Gasteiger partial charge on any atom is 0.311 e. The Hall–Kier alpha value is -3.80. The molecular formula is C16H16FN5O6. The van der Waals surface area contributed by atoms with Crippen LogP contribution in [0.25, 0.3) is 0 Å². The highest BCUT2D eigenvalue weighted by Crippen LogP contribution is 2.26. The summed E-state index contributed by atoms with van der Waals surface area (Å²) in [6.45, 7) is 1.19. The van der Waals surface area contributed by atoms with E-state index in [1.165, 1.54) is 0 Å². The quantitative estimate of drug-likeness (QED) is 0.452. The number of nitrogen functional groups attached to an aromatic ring is 2. The lowest BCUT2D eigenvalue weighted by molar-refractivity contribution is -0.395. The molecule has 1 fully saturated rings. The van der Waals surface area contributed by atoms with E-state index in [1.54, 1.807) is 23.1 Å². The van der Waals surface area contributed by atoms with E-state index >= 15 is 0 Å². The Bertz CT molecular complexity index is 922. The van der Waals surface area contributed by atoms with Crippen LogP contribution in [-0.2, 0) is 9.53 Å². The van der Waals surface area contributed by atoms with Crippen LogP contribution in [-0.4, -0.2) is 35.5 Å². The number of anilines is 3. The zero-order chi connectivity index (χ0) is 20.8. The van der Waals surface area contributed by atoms with Gasteiger partial charge in [0.05, 0.1) is 33.9 Å². The fourth-order valence-corrected chi connectivity index (χ4v) is 2.35. The molecule has 12 heteroatoms. The number of hydrogen-bond acceptors (Lipinski definition) is 8. The maximum atomic E-state index is 12.6. The number of nitrogens with zero attached hydrogens (tertiary/aromatic N) is 3. The van der Waals surface area contributed by atoms with Gasteiger partial charge < -0.3 is 21.1 Å². The number of nitro groups is 2. The molecule has 1 saturated heterocycles. The summed E-state index contributed by atoms with van der Waals surface area (Å²) in [5.74, 6) is -1.16. The van der Waals surface area contributed by atoms with Gasteiger partial charge in [0, 0.05) is 18.3 Å². The van der Waals surface area contributed by atoms with Gasteiger partial charge in [-0.2, -0.15) is 4.39 Å². The third kappa shape index (κ3) is 4.88. The molecular weight excluding hydrogens is 377 g/mol. The highest BCUT2D eigenvalue weighted by molar-refractivity contribution is 5.98. The second-order valence-electron chi connectivity index (χ2n) is 5.57. The van der Waals surface area contributed by atoms with Crippen molar-refractivity contribution in [2.75, 3.05) is 36.1 Å². The Morgan fingerprint density at radius 2 is 1.79 bits per heavy atom. The predicted octanol–water partition coefficient (Wildman–Crippen LogP) is 1.86. The molecule has 0 bridgehead atoms. The molecule has 3 rings (SSSR count). The molecule has 28 heavy (non-hydrogen) atoms. The number of benzene rings is 2. The van der Waals surface area contributed by atoms with Crippen molar-refractivity contribution in [3.63, 3.8) is 0 Å². The third-order valence-corrected chi connectivity index (χ3v) is 3.67. The molecule has 0 aromatic heterocycles. The first-order chi connectivity index (χ1) is 13.2. The molecule has 0 aliphatic carbocycles. The summed E-state index contributed by atoms with van der Waals surface area (Å²) in [4.78, 5) is 31.6. The minimum atomic E-state index is -1.09. The molecule has 1 aliphatic heterocycles. The molecule has 0 spiro atoms. The highest BCUT2D eigenvalue weighted by Gasteiger charge is 2.21. The average Bonchev–Trinajstić information content (AvgIpc) is 2.63. The van der Waals surface area contributed by atoms with Crippen molar-refractivity contribution < 1.29 is 23.8 Å². The lowest BCUT2D eigenvalue weighted by Gasteiger charge is -2.27. The van der Waals surface area contributed by atoms with Gasteiger partial charge in [-0.3, -0.25) is 25.0 Å². The fourth-order valence-electron chi connectivity index (χ4n) is 2.35. The number of hydrogen-bond donors (Lipinski definition) is 2.